The molecule has 1 saturated heterocycles. The van der Waals surface area contributed by atoms with Crippen molar-refractivity contribution in [3.8, 4) is 5.75 Å². The number of carbonyl (C=O) groups is 1. The molecule has 1 atom stereocenters. The number of piperidine rings is 1. The fraction of sp³-hybridized carbons (Fsp3) is 0.562. The number of para-hydroxylation sites is 2. The number of likely N-dealkylation sites (tertiary alicyclic amines) is 1. The molecule has 1 amide bonds. The summed E-state index contributed by atoms with van der Waals surface area (Å²) >= 11 is 0. The number of hydrogen-bond donors (Lipinski definition) is 2. The number of anilines is 1. The monoisotopic (exact) mass is 291 g/mol. The fourth-order valence-corrected chi connectivity index (χ4v) is 2.78. The SMILES string of the molecule is COc1ccccc1NC(=O)CN1CCC(C(C)N)CC1. The second kappa shape index (κ2) is 7.43. The van der Waals surface area contributed by atoms with Gasteiger partial charge in [-0.25, -0.2) is 0 Å². The number of ether oxygens (including phenoxy) is 1. The van der Waals surface area contributed by atoms with E-state index in [2.05, 4.69) is 17.1 Å². The van der Waals surface area contributed by atoms with Gasteiger partial charge in [0.25, 0.3) is 0 Å². The molecule has 0 bridgehead atoms. The Hall–Kier alpha value is -1.59. The first kappa shape index (κ1) is 15.8. The fourth-order valence-electron chi connectivity index (χ4n) is 2.78. The maximum absolute atomic E-state index is 12.1. The number of benzene rings is 1. The van der Waals surface area contributed by atoms with Crippen LogP contribution in [0, 0.1) is 5.92 Å². The molecule has 3 N–H and O–H groups in total. The molecule has 1 unspecified atom stereocenters. The van der Waals surface area contributed by atoms with Crippen molar-refractivity contribution < 1.29 is 9.53 Å². The van der Waals surface area contributed by atoms with Gasteiger partial charge in [-0.05, 0) is 50.9 Å². The Balaban J connectivity index is 1.83. The van der Waals surface area contributed by atoms with E-state index in [1.54, 1.807) is 7.11 Å². The van der Waals surface area contributed by atoms with Crippen LogP contribution in [0.3, 0.4) is 0 Å². The van der Waals surface area contributed by atoms with Crippen molar-refractivity contribution >= 4 is 11.6 Å². The van der Waals surface area contributed by atoms with Crippen LogP contribution in [0.5, 0.6) is 5.75 Å². The molecule has 0 saturated carbocycles. The number of hydrogen-bond acceptors (Lipinski definition) is 4. The van der Waals surface area contributed by atoms with E-state index in [-0.39, 0.29) is 11.9 Å². The molecule has 5 nitrogen and oxygen atoms in total. The van der Waals surface area contributed by atoms with E-state index >= 15 is 0 Å². The summed E-state index contributed by atoms with van der Waals surface area (Å²) < 4.78 is 5.23. The Labute approximate surface area is 126 Å². The number of methoxy groups -OCH3 is 1. The van der Waals surface area contributed by atoms with E-state index < -0.39 is 0 Å². The minimum absolute atomic E-state index is 0.00116. The molecule has 1 aliphatic heterocycles. The van der Waals surface area contributed by atoms with Gasteiger partial charge in [-0.15, -0.1) is 0 Å². The zero-order chi connectivity index (χ0) is 15.2. The van der Waals surface area contributed by atoms with E-state index in [0.717, 1.165) is 31.6 Å². The van der Waals surface area contributed by atoms with E-state index in [4.69, 9.17) is 10.5 Å². The van der Waals surface area contributed by atoms with Crippen LogP contribution in [-0.4, -0.2) is 43.6 Å². The van der Waals surface area contributed by atoms with Crippen LogP contribution in [-0.2, 0) is 4.79 Å². The van der Waals surface area contributed by atoms with Gasteiger partial charge in [0, 0.05) is 6.04 Å². The topological polar surface area (TPSA) is 67.6 Å². The van der Waals surface area contributed by atoms with Gasteiger partial charge in [0.1, 0.15) is 5.75 Å². The molecule has 2 rings (SSSR count). The quantitative estimate of drug-likeness (QED) is 0.866. The summed E-state index contributed by atoms with van der Waals surface area (Å²) in [7, 11) is 1.60. The summed E-state index contributed by atoms with van der Waals surface area (Å²) in [6.45, 7) is 4.36. The van der Waals surface area contributed by atoms with E-state index in [1.165, 1.54) is 0 Å². The molecule has 1 aromatic carbocycles. The third-order valence-electron chi connectivity index (χ3n) is 4.12. The highest BCUT2D eigenvalue weighted by molar-refractivity contribution is 5.93. The van der Waals surface area contributed by atoms with Crippen LogP contribution in [0.15, 0.2) is 24.3 Å². The second-order valence-electron chi connectivity index (χ2n) is 5.72. The minimum Gasteiger partial charge on any atom is -0.495 e. The van der Waals surface area contributed by atoms with Gasteiger partial charge in [-0.3, -0.25) is 9.69 Å². The number of nitrogens with one attached hydrogen (secondary N) is 1. The largest absolute Gasteiger partial charge is 0.495 e. The van der Waals surface area contributed by atoms with Gasteiger partial charge in [-0.1, -0.05) is 12.1 Å². The van der Waals surface area contributed by atoms with Crippen molar-refractivity contribution in [1.82, 2.24) is 4.90 Å². The summed E-state index contributed by atoms with van der Waals surface area (Å²) in [5.41, 5.74) is 6.65. The first-order valence-electron chi connectivity index (χ1n) is 7.51. The first-order chi connectivity index (χ1) is 10.1. The number of rotatable bonds is 5. The van der Waals surface area contributed by atoms with Crippen molar-refractivity contribution in [1.29, 1.82) is 0 Å². The Kier molecular flexibility index (Phi) is 5.59. The summed E-state index contributed by atoms with van der Waals surface area (Å²) in [6.07, 6.45) is 2.14. The third kappa shape index (κ3) is 4.44. The predicted molar refractivity (Wildman–Crippen MR) is 84.4 cm³/mol. The molecule has 0 aromatic heterocycles. The number of amides is 1. The lowest BCUT2D eigenvalue weighted by Gasteiger charge is -2.33. The summed E-state index contributed by atoms with van der Waals surface area (Å²) in [6, 6.07) is 7.69. The molecule has 0 radical (unpaired) electrons. The standard InChI is InChI=1S/C16H25N3O2/c1-12(17)13-7-9-19(10-8-13)11-16(20)18-14-5-3-4-6-15(14)21-2/h3-6,12-13H,7-11,17H2,1-2H3,(H,18,20). The van der Waals surface area contributed by atoms with Crippen molar-refractivity contribution in [3.63, 3.8) is 0 Å². The third-order valence-corrected chi connectivity index (χ3v) is 4.12. The highest BCUT2D eigenvalue weighted by Gasteiger charge is 2.23. The highest BCUT2D eigenvalue weighted by atomic mass is 16.5. The summed E-state index contributed by atoms with van der Waals surface area (Å²) in [4.78, 5) is 14.3. The van der Waals surface area contributed by atoms with Crippen LogP contribution >= 0.6 is 0 Å². The molecule has 0 spiro atoms. The zero-order valence-electron chi connectivity index (χ0n) is 12.8. The van der Waals surface area contributed by atoms with Crippen LogP contribution < -0.4 is 15.8 Å². The van der Waals surface area contributed by atoms with Gasteiger partial charge in [0.2, 0.25) is 5.91 Å². The number of carbonyl (C=O) groups excluding carboxylic acids is 1. The van der Waals surface area contributed by atoms with Gasteiger partial charge in [-0.2, -0.15) is 0 Å². The van der Waals surface area contributed by atoms with Crippen molar-refractivity contribution in [2.45, 2.75) is 25.8 Å². The van der Waals surface area contributed by atoms with Crippen LogP contribution in [0.25, 0.3) is 0 Å². The Morgan fingerprint density at radius 2 is 2.10 bits per heavy atom. The average Bonchev–Trinajstić information content (AvgIpc) is 2.48. The molecule has 21 heavy (non-hydrogen) atoms. The maximum Gasteiger partial charge on any atom is 0.238 e. The summed E-state index contributed by atoms with van der Waals surface area (Å²) in [5.74, 6) is 1.26. The maximum atomic E-state index is 12.1. The second-order valence-corrected chi connectivity index (χ2v) is 5.72. The molecule has 1 fully saturated rings. The normalized spacial score (nSPS) is 18.2. The van der Waals surface area contributed by atoms with Crippen molar-refractivity contribution in [2.24, 2.45) is 11.7 Å². The Morgan fingerprint density at radius 1 is 1.43 bits per heavy atom. The first-order valence-corrected chi connectivity index (χ1v) is 7.51. The zero-order valence-corrected chi connectivity index (χ0v) is 12.8. The van der Waals surface area contributed by atoms with Crippen molar-refractivity contribution in [2.75, 3.05) is 32.1 Å². The molecule has 0 aliphatic carbocycles. The van der Waals surface area contributed by atoms with Crippen molar-refractivity contribution in [3.05, 3.63) is 24.3 Å². The molecular formula is C16H25N3O2. The molecule has 1 aromatic rings. The molecule has 1 heterocycles. The lowest BCUT2D eigenvalue weighted by molar-refractivity contribution is -0.117. The van der Waals surface area contributed by atoms with Gasteiger partial charge in [0.05, 0.1) is 19.3 Å². The number of nitrogens with two attached hydrogens (primary N) is 1. The molecule has 1 aliphatic rings. The molecule has 116 valence electrons. The van der Waals surface area contributed by atoms with E-state index in [1.807, 2.05) is 24.3 Å². The van der Waals surface area contributed by atoms with Gasteiger partial charge in [0.15, 0.2) is 0 Å². The molecule has 5 heteroatoms. The summed E-state index contributed by atoms with van der Waals surface area (Å²) in [5, 5.41) is 2.91. The van der Waals surface area contributed by atoms with E-state index in [9.17, 15) is 4.79 Å². The number of nitrogens with zero attached hydrogens (tertiary/aromatic N) is 1. The predicted octanol–water partition coefficient (Wildman–Crippen LogP) is 1.69. The van der Waals surface area contributed by atoms with Crippen LogP contribution in [0.4, 0.5) is 5.69 Å². The van der Waals surface area contributed by atoms with E-state index in [0.29, 0.717) is 18.2 Å². The minimum atomic E-state index is -0.00116. The van der Waals surface area contributed by atoms with Gasteiger partial charge >= 0.3 is 0 Å². The van der Waals surface area contributed by atoms with Crippen LogP contribution in [0.1, 0.15) is 19.8 Å². The highest BCUT2D eigenvalue weighted by Crippen LogP contribution is 2.23. The Morgan fingerprint density at radius 3 is 2.71 bits per heavy atom. The van der Waals surface area contributed by atoms with Crippen LogP contribution in [0.2, 0.25) is 0 Å². The Bertz CT molecular complexity index is 468. The lowest BCUT2D eigenvalue weighted by atomic mass is 9.91. The average molecular weight is 291 g/mol. The molecular weight excluding hydrogens is 266 g/mol. The lowest BCUT2D eigenvalue weighted by Crippen LogP contribution is -2.42. The van der Waals surface area contributed by atoms with Gasteiger partial charge < -0.3 is 15.8 Å². The smallest absolute Gasteiger partial charge is 0.238 e.